The van der Waals surface area contributed by atoms with Crippen LogP contribution in [0.5, 0.6) is 5.75 Å². The summed E-state index contributed by atoms with van der Waals surface area (Å²) in [4.78, 5) is 44.8. The molecule has 0 radical (unpaired) electrons. The van der Waals surface area contributed by atoms with Gasteiger partial charge in [-0.3, -0.25) is 19.3 Å². The first kappa shape index (κ1) is 20.5. The maximum atomic E-state index is 13.7. The Morgan fingerprint density at radius 2 is 1.68 bits per heavy atom. The Labute approximate surface area is 204 Å². The van der Waals surface area contributed by atoms with Crippen molar-refractivity contribution in [3.05, 3.63) is 74.2 Å². The number of hydrogen-bond acceptors (Lipinski definition) is 6. The first-order valence-electron chi connectivity index (χ1n) is 11.6. The van der Waals surface area contributed by atoms with E-state index >= 15 is 0 Å². The minimum absolute atomic E-state index is 0.0364. The third-order valence-corrected chi connectivity index (χ3v) is 10.9. The van der Waals surface area contributed by atoms with Crippen molar-refractivity contribution in [1.82, 2.24) is 4.98 Å². The summed E-state index contributed by atoms with van der Waals surface area (Å²) in [5.74, 6) is -0.615. The molecule has 2 aromatic carbocycles. The second kappa shape index (κ2) is 7.09. The van der Waals surface area contributed by atoms with Gasteiger partial charge in [-0.25, -0.2) is 0 Å². The molecule has 0 unspecified atom stereocenters. The van der Waals surface area contributed by atoms with E-state index in [1.807, 2.05) is 43.3 Å². The molecule has 2 aliphatic heterocycles. The van der Waals surface area contributed by atoms with E-state index < -0.39 is 0 Å². The van der Waals surface area contributed by atoms with Gasteiger partial charge in [0.1, 0.15) is 5.75 Å². The number of carbonyl (C=O) groups excluding carboxylic acids is 2. The first-order chi connectivity index (χ1) is 16.4. The molecule has 8 heteroatoms. The smallest absolute Gasteiger partial charge is 0.305 e. The molecule has 0 spiro atoms. The predicted octanol–water partition coefficient (Wildman–Crippen LogP) is 4.13. The molecule has 3 heterocycles. The zero-order valence-corrected chi connectivity index (χ0v) is 19.9. The van der Waals surface area contributed by atoms with E-state index in [-0.39, 0.29) is 63.2 Å². The minimum atomic E-state index is -0.341. The molecule has 7 rings (SSSR count). The average molecular weight is 491 g/mol. The molecule has 2 aliphatic carbocycles. The highest BCUT2D eigenvalue weighted by molar-refractivity contribution is 8.00. The van der Waals surface area contributed by atoms with Crippen LogP contribution >= 0.6 is 23.1 Å². The summed E-state index contributed by atoms with van der Waals surface area (Å²) in [6, 6.07) is 14.9. The van der Waals surface area contributed by atoms with Crippen LogP contribution in [0.3, 0.4) is 0 Å². The minimum Gasteiger partial charge on any atom is -0.508 e. The van der Waals surface area contributed by atoms with Gasteiger partial charge in [0.25, 0.3) is 0 Å². The van der Waals surface area contributed by atoms with E-state index in [0.717, 1.165) is 27.5 Å². The molecule has 1 aromatic heterocycles. The number of imide groups is 1. The Bertz CT molecular complexity index is 1410. The van der Waals surface area contributed by atoms with E-state index in [2.05, 4.69) is 4.98 Å². The number of aromatic nitrogens is 1. The van der Waals surface area contributed by atoms with Gasteiger partial charge in [0.2, 0.25) is 11.8 Å². The summed E-state index contributed by atoms with van der Waals surface area (Å²) in [5.41, 5.74) is 2.52. The fourth-order valence-electron chi connectivity index (χ4n) is 7.06. The topological polar surface area (TPSA) is 90.5 Å². The van der Waals surface area contributed by atoms with Crippen LogP contribution < -0.4 is 9.77 Å². The number of phenolic OH excluding ortho intramolecular Hbond substituents is 1. The van der Waals surface area contributed by atoms with Crippen LogP contribution in [0, 0.1) is 36.5 Å². The van der Waals surface area contributed by atoms with Crippen molar-refractivity contribution >= 4 is 40.6 Å². The van der Waals surface area contributed by atoms with Crippen molar-refractivity contribution in [2.24, 2.45) is 29.6 Å². The Kier molecular flexibility index (Phi) is 4.28. The summed E-state index contributed by atoms with van der Waals surface area (Å²) in [6.45, 7) is 1.98. The van der Waals surface area contributed by atoms with Crippen LogP contribution in [-0.2, 0) is 9.59 Å². The number of thiazole rings is 1. The molecule has 6 nitrogen and oxygen atoms in total. The third-order valence-electron chi connectivity index (χ3n) is 8.29. The zero-order valence-electron chi connectivity index (χ0n) is 18.3. The largest absolute Gasteiger partial charge is 0.508 e. The zero-order chi connectivity index (χ0) is 23.3. The molecule has 172 valence electrons. The number of H-pyrrole nitrogens is 1. The molecule has 3 fully saturated rings. The van der Waals surface area contributed by atoms with E-state index in [0.29, 0.717) is 5.69 Å². The highest BCUT2D eigenvalue weighted by Crippen LogP contribution is 2.69. The number of thioether (sulfide) groups is 1. The van der Waals surface area contributed by atoms with Gasteiger partial charge >= 0.3 is 4.87 Å². The van der Waals surface area contributed by atoms with E-state index in [1.165, 1.54) is 16.2 Å². The second-order valence-electron chi connectivity index (χ2n) is 9.87. The Hall–Kier alpha value is -2.84. The molecule has 4 aliphatic rings. The van der Waals surface area contributed by atoms with Gasteiger partial charge in [0, 0.05) is 21.6 Å². The number of aromatic amines is 1. The van der Waals surface area contributed by atoms with Crippen molar-refractivity contribution < 1.29 is 14.7 Å². The average Bonchev–Trinajstić information content (AvgIpc) is 3.54. The summed E-state index contributed by atoms with van der Waals surface area (Å²) in [7, 11) is 0. The fourth-order valence-corrected chi connectivity index (χ4v) is 9.94. The number of aromatic hydroxyl groups is 1. The van der Waals surface area contributed by atoms with E-state index in [4.69, 9.17) is 0 Å². The fraction of sp³-hybridized carbons (Fsp3) is 0.346. The maximum Gasteiger partial charge on any atom is 0.305 e. The lowest BCUT2D eigenvalue weighted by Gasteiger charge is -2.43. The van der Waals surface area contributed by atoms with Gasteiger partial charge in [0.15, 0.2) is 0 Å². The number of amides is 2. The Morgan fingerprint density at radius 3 is 2.41 bits per heavy atom. The van der Waals surface area contributed by atoms with E-state index in [9.17, 15) is 19.5 Å². The number of rotatable bonds is 2. The number of hydrogen-bond donors (Lipinski definition) is 2. The Morgan fingerprint density at radius 1 is 0.971 bits per heavy atom. The van der Waals surface area contributed by atoms with Gasteiger partial charge in [-0.05, 0) is 49.3 Å². The van der Waals surface area contributed by atoms with Crippen LogP contribution in [0.25, 0.3) is 0 Å². The number of aryl methyl sites for hydroxylation is 1. The van der Waals surface area contributed by atoms with Crippen molar-refractivity contribution in [1.29, 1.82) is 0 Å². The van der Waals surface area contributed by atoms with Gasteiger partial charge < -0.3 is 10.1 Å². The monoisotopic (exact) mass is 490 g/mol. The molecule has 2 N–H and O–H groups in total. The standard InChI is InChI=1S/C26H22N2O4S2/c1-11-6-8-12(9-7-11)28-24(30)19-14-10-15(20(19)25(28)31)21-18(14)17(13-4-2-3-5-16(13)29)22-23(33-21)27-26(32)34-22/h2-9,14-15,17-21,29H,10H2,1H3,(H,27,32)/t14-,15+,17+,18+,19+,20+,21-/m1/s1. The number of nitrogens with zero attached hydrogens (tertiary/aromatic N) is 1. The van der Waals surface area contributed by atoms with Crippen molar-refractivity contribution in [3.8, 4) is 5.75 Å². The summed E-state index contributed by atoms with van der Waals surface area (Å²) >= 11 is 2.86. The summed E-state index contributed by atoms with van der Waals surface area (Å²) < 4.78 is 0. The van der Waals surface area contributed by atoms with Crippen molar-refractivity contribution in [2.75, 3.05) is 4.90 Å². The van der Waals surface area contributed by atoms with Gasteiger partial charge in [-0.1, -0.05) is 47.2 Å². The number of anilines is 1. The maximum absolute atomic E-state index is 13.7. The van der Waals surface area contributed by atoms with Crippen molar-refractivity contribution in [2.45, 2.75) is 29.5 Å². The van der Waals surface area contributed by atoms with Crippen molar-refractivity contribution in [3.63, 3.8) is 0 Å². The summed E-state index contributed by atoms with van der Waals surface area (Å²) in [5, 5.41) is 11.7. The molecule has 3 aromatic rings. The molecule has 2 saturated carbocycles. The molecule has 2 bridgehead atoms. The number of nitrogens with one attached hydrogen (secondary N) is 1. The van der Waals surface area contributed by atoms with Gasteiger partial charge in [-0.15, -0.1) is 11.8 Å². The molecule has 1 saturated heterocycles. The number of phenols is 1. The lowest BCUT2D eigenvalue weighted by Crippen LogP contribution is -2.42. The second-order valence-corrected chi connectivity index (χ2v) is 12.1. The number of benzene rings is 2. The highest BCUT2D eigenvalue weighted by Gasteiger charge is 2.69. The van der Waals surface area contributed by atoms with Crippen LogP contribution in [0.2, 0.25) is 0 Å². The Balaban J connectivity index is 1.34. The number of carbonyl (C=O) groups is 2. The highest BCUT2D eigenvalue weighted by atomic mass is 32.2. The molecule has 2 amide bonds. The summed E-state index contributed by atoms with van der Waals surface area (Å²) in [6.07, 6.45) is 0.833. The quantitative estimate of drug-likeness (QED) is 0.527. The van der Waals surface area contributed by atoms with Gasteiger partial charge in [-0.2, -0.15) is 0 Å². The first-order valence-corrected chi connectivity index (χ1v) is 13.3. The lowest BCUT2D eigenvalue weighted by atomic mass is 9.68. The van der Waals surface area contributed by atoms with Crippen LogP contribution in [0.1, 0.15) is 28.3 Å². The predicted molar refractivity (Wildman–Crippen MR) is 130 cm³/mol. The SMILES string of the molecule is Cc1ccc(N2C(=O)[C@H]3[C@@H]4C[C@@H]([C@@H]3C2=O)[C@H]2[C@H](c3ccccc3O)c3sc(=O)[nH]c3S[C@H]42)cc1. The van der Waals surface area contributed by atoms with Gasteiger partial charge in [0.05, 0.1) is 22.5 Å². The molecule has 7 atom stereocenters. The lowest BCUT2D eigenvalue weighted by molar-refractivity contribution is -0.123. The normalized spacial score (nSPS) is 33.2. The van der Waals surface area contributed by atoms with Crippen LogP contribution in [0.4, 0.5) is 5.69 Å². The van der Waals surface area contributed by atoms with Crippen LogP contribution in [0.15, 0.2) is 58.4 Å². The molecular weight excluding hydrogens is 468 g/mol. The van der Waals surface area contributed by atoms with E-state index in [1.54, 1.807) is 23.9 Å². The molecule has 34 heavy (non-hydrogen) atoms. The number of para-hydroxylation sites is 1. The molecular formula is C26H22N2O4S2. The third kappa shape index (κ3) is 2.61. The van der Waals surface area contributed by atoms with Crippen LogP contribution in [-0.4, -0.2) is 27.2 Å². The number of fused-ring (bicyclic) bond motifs is 9.